The third-order valence-corrected chi connectivity index (χ3v) is 23.7. The fourth-order valence-corrected chi connectivity index (χ4v) is 10.7. The Morgan fingerprint density at radius 1 is 0.692 bits per heavy atom. The van der Waals surface area contributed by atoms with Crippen LogP contribution in [0.4, 0.5) is 9.59 Å². The molecule has 1 aliphatic heterocycles. The summed E-state index contributed by atoms with van der Waals surface area (Å²) >= 11 is 0. The standard InChI is InChI=1S/C56H82N6O14Si2/c1-55(2,3)77(8,9)75-47-46(74-50(48(47)76-78(10,11)56(4,5)6)61-34-30-43(63)62(54(61)70)35-38-26-28-41(71-7)29-27-38)45(64)44(51(66)67)57-32-20-33-58-49(65)42(60-53(69)73-37-40-23-16-13-17-24-40)25-18-19-31-59-52(68)72-36-39-21-14-12-15-22-39/h12-17,21-24,26-30,34,42,44-48,50,57,64H,18-20,25,31-33,35-37H2,1-11H3,(H,58,65)(H,59,68)(H,60,69)(H,66,67)/t42-,44-,45?,46+,47+,48+,50+/m0/s1. The molecule has 7 atom stereocenters. The first-order valence-electron chi connectivity index (χ1n) is 26.5. The van der Waals surface area contributed by atoms with Crippen molar-refractivity contribution < 1.29 is 57.2 Å². The van der Waals surface area contributed by atoms with Gasteiger partial charge in [-0.1, -0.05) is 114 Å². The number of amides is 3. The summed E-state index contributed by atoms with van der Waals surface area (Å²) in [4.78, 5) is 80.1. The molecule has 1 fully saturated rings. The zero-order chi connectivity index (χ0) is 57.4. The summed E-state index contributed by atoms with van der Waals surface area (Å²) in [6.07, 6.45) is -5.31. The van der Waals surface area contributed by atoms with E-state index in [9.17, 15) is 39.0 Å². The Bertz CT molecular complexity index is 2690. The molecule has 3 amide bonds. The normalized spacial score (nSPS) is 18.1. The van der Waals surface area contributed by atoms with Crippen molar-refractivity contribution in [2.75, 3.05) is 26.7 Å². The highest BCUT2D eigenvalue weighted by molar-refractivity contribution is 6.74. The number of methoxy groups -OCH3 is 1. The number of aliphatic hydroxyl groups excluding tert-OH is 1. The van der Waals surface area contributed by atoms with Crippen LogP contribution in [0, 0.1) is 0 Å². The zero-order valence-electron chi connectivity index (χ0n) is 47.0. The van der Waals surface area contributed by atoms with Gasteiger partial charge in [0.1, 0.15) is 55.5 Å². The van der Waals surface area contributed by atoms with Crippen LogP contribution in [-0.2, 0) is 52.4 Å². The first kappa shape index (κ1) is 62.7. The van der Waals surface area contributed by atoms with Crippen LogP contribution in [0.2, 0.25) is 36.3 Å². The van der Waals surface area contributed by atoms with E-state index in [1.54, 1.807) is 36.4 Å². The molecular weight excluding hydrogens is 1040 g/mol. The fraction of sp³-hybridized carbons (Fsp3) is 0.536. The average molecular weight is 1120 g/mol. The van der Waals surface area contributed by atoms with Crippen molar-refractivity contribution in [3.05, 3.63) is 135 Å². The highest BCUT2D eigenvalue weighted by Crippen LogP contribution is 2.46. The first-order chi connectivity index (χ1) is 36.7. The largest absolute Gasteiger partial charge is 0.497 e. The number of aromatic nitrogens is 2. The van der Waals surface area contributed by atoms with E-state index in [0.717, 1.165) is 15.7 Å². The van der Waals surface area contributed by atoms with E-state index in [2.05, 4.69) is 42.0 Å². The summed E-state index contributed by atoms with van der Waals surface area (Å²) in [5.41, 5.74) is 0.998. The van der Waals surface area contributed by atoms with Crippen LogP contribution < -0.4 is 37.3 Å². The number of nitrogens with zero attached hydrogens (tertiary/aromatic N) is 2. The van der Waals surface area contributed by atoms with Gasteiger partial charge in [0.2, 0.25) is 5.91 Å². The minimum absolute atomic E-state index is 0.00114. The molecule has 1 aliphatic rings. The summed E-state index contributed by atoms with van der Waals surface area (Å²) in [7, 11) is -4.03. The molecule has 0 bridgehead atoms. The van der Waals surface area contributed by atoms with Gasteiger partial charge in [-0.3, -0.25) is 23.5 Å². The van der Waals surface area contributed by atoms with Gasteiger partial charge < -0.3 is 59.3 Å². The highest BCUT2D eigenvalue weighted by atomic mass is 28.4. The number of aliphatic hydroxyl groups is 1. The molecule has 0 spiro atoms. The number of carboxylic acids is 1. The van der Waals surface area contributed by atoms with Crippen molar-refractivity contribution in [2.45, 2.75) is 166 Å². The van der Waals surface area contributed by atoms with Crippen LogP contribution in [0.15, 0.2) is 107 Å². The van der Waals surface area contributed by atoms with E-state index in [-0.39, 0.29) is 62.3 Å². The van der Waals surface area contributed by atoms with Gasteiger partial charge in [-0.2, -0.15) is 0 Å². The summed E-state index contributed by atoms with van der Waals surface area (Å²) in [6, 6.07) is 23.9. The number of nitrogens with one attached hydrogen (secondary N) is 4. The Morgan fingerprint density at radius 3 is 1.79 bits per heavy atom. The number of hydrogen-bond donors (Lipinski definition) is 6. The molecule has 5 rings (SSSR count). The number of aliphatic carboxylic acids is 1. The van der Waals surface area contributed by atoms with Crippen LogP contribution in [0.5, 0.6) is 5.75 Å². The number of carbonyl (C=O) groups is 4. The lowest BCUT2D eigenvalue weighted by Gasteiger charge is -2.44. The van der Waals surface area contributed by atoms with Crippen molar-refractivity contribution >= 4 is 40.7 Å². The first-order valence-corrected chi connectivity index (χ1v) is 32.3. The van der Waals surface area contributed by atoms with Gasteiger partial charge in [0.05, 0.1) is 13.7 Å². The van der Waals surface area contributed by atoms with Crippen molar-refractivity contribution in [3.63, 3.8) is 0 Å². The number of carboxylic acid groups (broad SMARTS) is 1. The third-order valence-electron chi connectivity index (χ3n) is 14.8. The minimum atomic E-state index is -2.80. The lowest BCUT2D eigenvalue weighted by atomic mass is 9.99. The number of carbonyl (C=O) groups excluding carboxylic acids is 3. The maximum Gasteiger partial charge on any atom is 0.408 e. The van der Waals surface area contributed by atoms with Crippen molar-refractivity contribution in [3.8, 4) is 5.75 Å². The lowest BCUT2D eigenvalue weighted by molar-refractivity contribution is -0.149. The highest BCUT2D eigenvalue weighted by Gasteiger charge is 2.57. The molecular formula is C56H82N6O14Si2. The molecule has 0 aliphatic carbocycles. The van der Waals surface area contributed by atoms with E-state index in [1.165, 1.54) is 23.9 Å². The second-order valence-corrected chi connectivity index (χ2v) is 32.1. The molecule has 428 valence electrons. The second kappa shape index (κ2) is 28.1. The van der Waals surface area contributed by atoms with Crippen LogP contribution in [0.25, 0.3) is 0 Å². The zero-order valence-corrected chi connectivity index (χ0v) is 49.0. The molecule has 1 saturated heterocycles. The van der Waals surface area contributed by atoms with Crippen molar-refractivity contribution in [2.24, 2.45) is 0 Å². The molecule has 1 unspecified atom stereocenters. The molecule has 2 heterocycles. The average Bonchev–Trinajstić information content (AvgIpc) is 3.77. The molecule has 4 aromatic rings. The SMILES string of the molecule is COc1ccc(Cn2c(=O)ccn([C@@H]3O[C@H](C(O)[C@H](NCCCNC(=O)[C@H](CCCCNC(=O)OCc4ccccc4)NC(=O)OCc4ccccc4)C(=O)O)[C@@H](O[Si](C)(C)C(C)(C)C)[C@H]3O[Si](C)(C)C(C)(C)C)c2=O)cc1. The quantitative estimate of drug-likeness (QED) is 0.0258. The molecule has 6 N–H and O–H groups in total. The summed E-state index contributed by atoms with van der Waals surface area (Å²) in [5.74, 6) is -1.30. The lowest BCUT2D eigenvalue weighted by Crippen LogP contribution is -2.59. The summed E-state index contributed by atoms with van der Waals surface area (Å²) in [6.45, 7) is 20.8. The molecule has 78 heavy (non-hydrogen) atoms. The summed E-state index contributed by atoms with van der Waals surface area (Å²) < 4.78 is 39.3. The number of hydrogen-bond acceptors (Lipinski definition) is 14. The van der Waals surface area contributed by atoms with Gasteiger partial charge in [-0.15, -0.1) is 0 Å². The van der Waals surface area contributed by atoms with E-state index in [0.29, 0.717) is 24.2 Å². The molecule has 22 heteroatoms. The number of benzene rings is 3. The predicted molar refractivity (Wildman–Crippen MR) is 300 cm³/mol. The topological polar surface area (TPSA) is 256 Å². The molecule has 0 radical (unpaired) electrons. The molecule has 3 aromatic carbocycles. The van der Waals surface area contributed by atoms with Gasteiger partial charge in [0.15, 0.2) is 22.9 Å². The van der Waals surface area contributed by atoms with Crippen molar-refractivity contribution in [1.29, 1.82) is 0 Å². The second-order valence-electron chi connectivity index (χ2n) is 22.6. The maximum absolute atomic E-state index is 14.6. The van der Waals surface area contributed by atoms with Gasteiger partial charge >= 0.3 is 23.8 Å². The molecule has 1 aromatic heterocycles. The van der Waals surface area contributed by atoms with Gasteiger partial charge in [0, 0.05) is 25.4 Å². The minimum Gasteiger partial charge on any atom is -0.497 e. The number of rotatable bonds is 27. The molecule has 0 saturated carbocycles. The molecule has 20 nitrogen and oxygen atoms in total. The Balaban J connectivity index is 1.32. The van der Waals surface area contributed by atoms with Crippen molar-refractivity contribution in [1.82, 2.24) is 30.4 Å². The smallest absolute Gasteiger partial charge is 0.408 e. The van der Waals surface area contributed by atoms with E-state index in [4.69, 9.17) is 27.8 Å². The van der Waals surface area contributed by atoms with E-state index >= 15 is 0 Å². The van der Waals surface area contributed by atoms with Crippen LogP contribution in [0.3, 0.4) is 0 Å². The maximum atomic E-state index is 14.6. The third kappa shape index (κ3) is 17.7. The predicted octanol–water partition coefficient (Wildman–Crippen LogP) is 7.05. The number of alkyl carbamates (subject to hydrolysis) is 2. The van der Waals surface area contributed by atoms with E-state index < -0.39 is 94.7 Å². The van der Waals surface area contributed by atoms with Crippen LogP contribution in [-0.4, -0.2) is 123 Å². The van der Waals surface area contributed by atoms with Gasteiger partial charge in [0.25, 0.3) is 5.56 Å². The van der Waals surface area contributed by atoms with Crippen LogP contribution in [0.1, 0.15) is 90.1 Å². The van der Waals surface area contributed by atoms with Crippen LogP contribution >= 0.6 is 0 Å². The fourth-order valence-electron chi connectivity index (χ4n) is 8.08. The number of unbranched alkanes of at least 4 members (excludes halogenated alkanes) is 1. The van der Waals surface area contributed by atoms with Gasteiger partial charge in [-0.25, -0.2) is 14.4 Å². The Hall–Kier alpha value is -6.15. The monoisotopic (exact) mass is 1120 g/mol. The number of ether oxygens (including phenoxy) is 4. The van der Waals surface area contributed by atoms with E-state index in [1.807, 2.05) is 95.5 Å². The summed E-state index contributed by atoms with van der Waals surface area (Å²) in [5, 5.41) is 33.5. The Morgan fingerprint density at radius 2 is 1.24 bits per heavy atom. The Kier molecular flexibility index (Phi) is 22.6. The van der Waals surface area contributed by atoms with Gasteiger partial charge in [-0.05, 0) is 97.3 Å². The Labute approximate surface area is 459 Å².